The van der Waals surface area contributed by atoms with Crippen LogP contribution in [0.25, 0.3) is 0 Å². The number of likely N-dealkylation sites (tertiary alicyclic amines) is 1. The molecule has 2 unspecified atom stereocenters. The van der Waals surface area contributed by atoms with Crippen molar-refractivity contribution in [3.8, 4) is 5.75 Å². The van der Waals surface area contributed by atoms with Gasteiger partial charge in [0.2, 0.25) is 0 Å². The second-order valence-electron chi connectivity index (χ2n) is 7.11. The molecule has 0 radical (unpaired) electrons. The number of benzene rings is 1. The molecule has 3 rings (SSSR count). The monoisotopic (exact) mass is 337 g/mol. The number of hydrogen-bond donors (Lipinski definition) is 0. The van der Waals surface area contributed by atoms with Crippen LogP contribution in [-0.2, 0) is 9.84 Å². The summed E-state index contributed by atoms with van der Waals surface area (Å²) in [7, 11) is -2.78. The van der Waals surface area contributed by atoms with Gasteiger partial charge in [0.05, 0.1) is 18.1 Å². The van der Waals surface area contributed by atoms with Crippen LogP contribution in [0.2, 0.25) is 0 Å². The van der Waals surface area contributed by atoms with Gasteiger partial charge in [-0.2, -0.15) is 0 Å². The maximum absolute atomic E-state index is 11.7. The van der Waals surface area contributed by atoms with Gasteiger partial charge in [-0.1, -0.05) is 18.2 Å². The molecule has 0 aliphatic carbocycles. The van der Waals surface area contributed by atoms with E-state index in [1.165, 1.54) is 11.1 Å². The molecule has 0 aromatic heterocycles. The summed E-state index contributed by atoms with van der Waals surface area (Å²) in [5, 5.41) is 0. The summed E-state index contributed by atoms with van der Waals surface area (Å²) in [6, 6.07) is 6.21. The number of ether oxygens (including phenoxy) is 1. The van der Waals surface area contributed by atoms with E-state index < -0.39 is 9.84 Å². The van der Waals surface area contributed by atoms with Gasteiger partial charge in [0.25, 0.3) is 0 Å². The molecule has 2 heterocycles. The fraction of sp³-hybridized carbons (Fsp3) is 0.667. The third-order valence-electron chi connectivity index (χ3n) is 5.19. The fourth-order valence-electron chi connectivity index (χ4n) is 3.96. The fourth-order valence-corrected chi connectivity index (χ4v) is 5.82. The zero-order chi connectivity index (χ0) is 16.4. The van der Waals surface area contributed by atoms with E-state index in [9.17, 15) is 8.42 Å². The molecular formula is C18H27NO3S. The van der Waals surface area contributed by atoms with Gasteiger partial charge in [-0.3, -0.25) is 0 Å². The summed E-state index contributed by atoms with van der Waals surface area (Å²) in [4.78, 5) is 2.42. The Morgan fingerprint density at radius 2 is 1.87 bits per heavy atom. The van der Waals surface area contributed by atoms with Gasteiger partial charge in [0.15, 0.2) is 9.84 Å². The van der Waals surface area contributed by atoms with E-state index in [-0.39, 0.29) is 0 Å². The van der Waals surface area contributed by atoms with Crippen molar-refractivity contribution in [2.75, 3.05) is 37.7 Å². The second-order valence-corrected chi connectivity index (χ2v) is 9.33. The Kier molecular flexibility index (Phi) is 4.97. The van der Waals surface area contributed by atoms with Crippen molar-refractivity contribution in [2.24, 2.45) is 11.8 Å². The molecular weight excluding hydrogens is 310 g/mol. The lowest BCUT2D eigenvalue weighted by atomic mass is 9.95. The van der Waals surface area contributed by atoms with Crippen molar-refractivity contribution in [1.29, 1.82) is 0 Å². The van der Waals surface area contributed by atoms with E-state index in [1.807, 2.05) is 0 Å². The molecule has 4 nitrogen and oxygen atoms in total. The minimum atomic E-state index is -2.78. The highest BCUT2D eigenvalue weighted by Gasteiger charge is 2.39. The van der Waals surface area contributed by atoms with Crippen molar-refractivity contribution in [3.63, 3.8) is 0 Å². The Balaban J connectivity index is 1.44. The molecule has 0 saturated carbocycles. The third kappa shape index (κ3) is 4.07. The van der Waals surface area contributed by atoms with E-state index in [0.717, 1.165) is 44.8 Å². The number of aryl methyl sites for hydroxylation is 2. The lowest BCUT2D eigenvalue weighted by Crippen LogP contribution is -2.31. The average Bonchev–Trinajstić information content (AvgIpc) is 2.86. The van der Waals surface area contributed by atoms with Crippen LogP contribution in [0.3, 0.4) is 0 Å². The minimum Gasteiger partial charge on any atom is -0.493 e. The average molecular weight is 337 g/mol. The zero-order valence-corrected chi connectivity index (χ0v) is 14.9. The summed E-state index contributed by atoms with van der Waals surface area (Å²) < 4.78 is 29.4. The zero-order valence-electron chi connectivity index (χ0n) is 14.1. The highest BCUT2D eigenvalue weighted by atomic mass is 32.2. The van der Waals surface area contributed by atoms with Gasteiger partial charge in [-0.05, 0) is 49.7 Å². The molecule has 128 valence electrons. The lowest BCUT2D eigenvalue weighted by Gasteiger charge is -2.23. The highest BCUT2D eigenvalue weighted by Crippen LogP contribution is 2.32. The number of rotatable bonds is 5. The van der Waals surface area contributed by atoms with E-state index in [0.29, 0.717) is 23.3 Å². The first-order valence-corrected chi connectivity index (χ1v) is 10.4. The Morgan fingerprint density at radius 1 is 1.17 bits per heavy atom. The molecule has 2 atom stereocenters. The molecule has 23 heavy (non-hydrogen) atoms. The normalized spacial score (nSPS) is 26.9. The molecule has 2 aliphatic rings. The standard InChI is InChI=1S/C18H27NO3S/c1-14-5-3-6-15(2)18(14)22-9-4-8-19-11-16-7-10-23(20,21)13-17(16)12-19/h3,5-6,16-17H,4,7-13H2,1-2H3. The van der Waals surface area contributed by atoms with Gasteiger partial charge in [-0.25, -0.2) is 8.42 Å². The first kappa shape index (κ1) is 16.8. The van der Waals surface area contributed by atoms with Crippen molar-refractivity contribution in [1.82, 2.24) is 4.90 Å². The largest absolute Gasteiger partial charge is 0.493 e. The van der Waals surface area contributed by atoms with Crippen LogP contribution in [0, 0.1) is 25.7 Å². The summed E-state index contributed by atoms with van der Waals surface area (Å²) in [5.41, 5.74) is 2.37. The summed E-state index contributed by atoms with van der Waals surface area (Å²) in [5.74, 6) is 2.73. The quantitative estimate of drug-likeness (QED) is 0.774. The first-order valence-electron chi connectivity index (χ1n) is 8.56. The molecule has 0 bridgehead atoms. The Labute approximate surface area is 139 Å². The molecule has 0 spiro atoms. The molecule has 0 amide bonds. The van der Waals surface area contributed by atoms with Crippen molar-refractivity contribution in [2.45, 2.75) is 26.7 Å². The number of hydrogen-bond acceptors (Lipinski definition) is 4. The molecule has 2 saturated heterocycles. The molecule has 2 aliphatic heterocycles. The van der Waals surface area contributed by atoms with Crippen LogP contribution in [0.4, 0.5) is 0 Å². The van der Waals surface area contributed by atoms with Crippen molar-refractivity contribution >= 4 is 9.84 Å². The van der Waals surface area contributed by atoms with E-state index in [4.69, 9.17) is 4.74 Å². The van der Waals surface area contributed by atoms with Crippen LogP contribution in [0.15, 0.2) is 18.2 Å². The minimum absolute atomic E-state index is 0.355. The Morgan fingerprint density at radius 3 is 2.61 bits per heavy atom. The van der Waals surface area contributed by atoms with E-state index in [1.54, 1.807) is 0 Å². The third-order valence-corrected chi connectivity index (χ3v) is 6.99. The highest BCUT2D eigenvalue weighted by molar-refractivity contribution is 7.91. The maximum atomic E-state index is 11.7. The van der Waals surface area contributed by atoms with Crippen molar-refractivity contribution in [3.05, 3.63) is 29.3 Å². The molecule has 1 aromatic rings. The number of sulfone groups is 1. The van der Waals surface area contributed by atoms with Crippen LogP contribution in [0.5, 0.6) is 5.75 Å². The lowest BCUT2D eigenvalue weighted by molar-refractivity contribution is 0.255. The van der Waals surface area contributed by atoms with Crippen LogP contribution >= 0.6 is 0 Å². The van der Waals surface area contributed by atoms with Crippen LogP contribution < -0.4 is 4.74 Å². The maximum Gasteiger partial charge on any atom is 0.150 e. The number of para-hydroxylation sites is 1. The molecule has 1 aromatic carbocycles. The predicted octanol–water partition coefficient (Wildman–Crippen LogP) is 2.44. The van der Waals surface area contributed by atoms with E-state index >= 15 is 0 Å². The Hall–Kier alpha value is -1.07. The number of fused-ring (bicyclic) bond motifs is 1. The smallest absolute Gasteiger partial charge is 0.150 e. The summed E-state index contributed by atoms with van der Waals surface area (Å²) in [6.07, 6.45) is 1.84. The second kappa shape index (κ2) is 6.81. The van der Waals surface area contributed by atoms with Gasteiger partial charge in [-0.15, -0.1) is 0 Å². The van der Waals surface area contributed by atoms with Crippen molar-refractivity contribution < 1.29 is 13.2 Å². The Bertz CT molecular complexity index is 636. The van der Waals surface area contributed by atoms with Gasteiger partial charge < -0.3 is 9.64 Å². The molecule has 0 N–H and O–H groups in total. The van der Waals surface area contributed by atoms with Gasteiger partial charge in [0.1, 0.15) is 5.75 Å². The topological polar surface area (TPSA) is 46.6 Å². The molecule has 5 heteroatoms. The predicted molar refractivity (Wildman–Crippen MR) is 92.7 cm³/mol. The van der Waals surface area contributed by atoms with E-state index in [2.05, 4.69) is 36.9 Å². The molecule has 2 fully saturated rings. The van der Waals surface area contributed by atoms with Gasteiger partial charge >= 0.3 is 0 Å². The summed E-state index contributed by atoms with van der Waals surface area (Å²) in [6.45, 7) is 7.87. The number of nitrogens with zero attached hydrogens (tertiary/aromatic N) is 1. The van der Waals surface area contributed by atoms with Gasteiger partial charge in [0, 0.05) is 19.6 Å². The SMILES string of the molecule is Cc1cccc(C)c1OCCCN1CC2CCS(=O)(=O)CC2C1. The van der Waals surface area contributed by atoms with Crippen LogP contribution in [0.1, 0.15) is 24.0 Å². The summed E-state index contributed by atoms with van der Waals surface area (Å²) >= 11 is 0. The van der Waals surface area contributed by atoms with Crippen LogP contribution in [-0.4, -0.2) is 51.1 Å². The first-order chi connectivity index (χ1) is 10.9.